The van der Waals surface area contributed by atoms with Gasteiger partial charge in [0.2, 0.25) is 5.95 Å². The van der Waals surface area contributed by atoms with Crippen molar-refractivity contribution in [1.29, 1.82) is 0 Å². The number of fused-ring (bicyclic) bond motifs is 1. The number of amides is 1. The summed E-state index contributed by atoms with van der Waals surface area (Å²) in [6.07, 6.45) is 2.46. The lowest BCUT2D eigenvalue weighted by molar-refractivity contribution is 0.0940. The van der Waals surface area contributed by atoms with E-state index in [0.29, 0.717) is 25.2 Å². The van der Waals surface area contributed by atoms with Gasteiger partial charge in [0.25, 0.3) is 5.91 Å². The number of morpholine rings is 1. The quantitative estimate of drug-likeness (QED) is 0.736. The molecule has 1 atom stereocenters. The molecule has 0 spiro atoms. The van der Waals surface area contributed by atoms with Gasteiger partial charge in [-0.05, 0) is 37.3 Å². The van der Waals surface area contributed by atoms with Gasteiger partial charge in [0.05, 0.1) is 24.2 Å². The molecule has 1 aliphatic heterocycles. The molecule has 2 aromatic heterocycles. The Morgan fingerprint density at radius 3 is 2.82 bits per heavy atom. The Morgan fingerprint density at radius 2 is 2.07 bits per heavy atom. The maximum Gasteiger partial charge on any atom is 0.251 e. The summed E-state index contributed by atoms with van der Waals surface area (Å²) < 4.78 is 7.50. The first-order valence-corrected chi connectivity index (χ1v) is 9.62. The van der Waals surface area contributed by atoms with Gasteiger partial charge in [-0.1, -0.05) is 6.07 Å². The third-order valence-corrected chi connectivity index (χ3v) is 5.03. The second kappa shape index (κ2) is 7.98. The minimum atomic E-state index is -0.0936. The van der Waals surface area contributed by atoms with Crippen molar-refractivity contribution >= 4 is 22.9 Å². The van der Waals surface area contributed by atoms with Crippen LogP contribution in [0.3, 0.4) is 0 Å². The molecule has 0 bridgehead atoms. The van der Waals surface area contributed by atoms with E-state index in [0.717, 1.165) is 35.8 Å². The van der Waals surface area contributed by atoms with Crippen molar-refractivity contribution in [3.05, 3.63) is 53.9 Å². The smallest absolute Gasteiger partial charge is 0.251 e. The molecule has 1 unspecified atom stereocenters. The van der Waals surface area contributed by atoms with E-state index in [-0.39, 0.29) is 11.9 Å². The van der Waals surface area contributed by atoms with E-state index in [1.807, 2.05) is 50.4 Å². The van der Waals surface area contributed by atoms with Gasteiger partial charge in [-0.2, -0.15) is 0 Å². The number of rotatable bonds is 5. The fourth-order valence-electron chi connectivity index (χ4n) is 3.57. The Labute approximate surface area is 164 Å². The van der Waals surface area contributed by atoms with Crippen LogP contribution in [-0.4, -0.2) is 52.8 Å². The lowest BCUT2D eigenvalue weighted by Gasteiger charge is -2.27. The first kappa shape index (κ1) is 18.4. The van der Waals surface area contributed by atoms with Crippen molar-refractivity contribution in [2.45, 2.75) is 19.4 Å². The molecule has 1 fully saturated rings. The van der Waals surface area contributed by atoms with Crippen LogP contribution >= 0.6 is 0 Å². The van der Waals surface area contributed by atoms with Gasteiger partial charge in [-0.3, -0.25) is 9.78 Å². The molecule has 1 aliphatic rings. The number of nitrogens with one attached hydrogen (secondary N) is 1. The number of benzene rings is 1. The lowest BCUT2D eigenvalue weighted by atomic mass is 10.1. The molecule has 0 aliphatic carbocycles. The summed E-state index contributed by atoms with van der Waals surface area (Å²) in [4.78, 5) is 24.0. The van der Waals surface area contributed by atoms with Crippen LogP contribution in [0.5, 0.6) is 0 Å². The first-order valence-electron chi connectivity index (χ1n) is 9.62. The minimum Gasteiger partial charge on any atom is -0.378 e. The first-order chi connectivity index (χ1) is 13.6. The maximum absolute atomic E-state index is 12.7. The number of aromatic nitrogens is 3. The summed E-state index contributed by atoms with van der Waals surface area (Å²) in [5.74, 6) is 0.822. The number of ether oxygens (including phenoxy) is 1. The van der Waals surface area contributed by atoms with Crippen LogP contribution in [0.4, 0.5) is 5.95 Å². The topological polar surface area (TPSA) is 72.3 Å². The highest BCUT2D eigenvalue weighted by molar-refractivity contribution is 5.97. The molecule has 1 saturated heterocycles. The molecular formula is C21H25N5O2. The molecule has 146 valence electrons. The van der Waals surface area contributed by atoms with Crippen molar-refractivity contribution < 1.29 is 9.53 Å². The van der Waals surface area contributed by atoms with E-state index < -0.39 is 0 Å². The normalized spacial score (nSPS) is 15.6. The van der Waals surface area contributed by atoms with Crippen molar-refractivity contribution in [3.8, 4) is 0 Å². The standard InChI is InChI=1S/C21H25N5O2/c1-15(13-17-5-3-4-8-22-17)23-20(27)16-6-7-19-18(14-16)24-21(25(19)2)26-9-11-28-12-10-26/h3-8,14-15H,9-13H2,1-2H3,(H,23,27). The average molecular weight is 379 g/mol. The number of hydrogen-bond acceptors (Lipinski definition) is 5. The van der Waals surface area contributed by atoms with Crippen LogP contribution in [0, 0.1) is 0 Å². The molecule has 1 N–H and O–H groups in total. The van der Waals surface area contributed by atoms with E-state index in [1.165, 1.54) is 0 Å². The summed E-state index contributed by atoms with van der Waals surface area (Å²) in [6, 6.07) is 11.5. The second-order valence-corrected chi connectivity index (χ2v) is 7.17. The molecule has 1 amide bonds. The summed E-state index contributed by atoms with van der Waals surface area (Å²) in [5.41, 5.74) is 3.42. The average Bonchev–Trinajstić information content (AvgIpc) is 3.05. The van der Waals surface area contributed by atoms with E-state index in [4.69, 9.17) is 9.72 Å². The maximum atomic E-state index is 12.7. The zero-order valence-electron chi connectivity index (χ0n) is 16.3. The van der Waals surface area contributed by atoms with Gasteiger partial charge in [-0.25, -0.2) is 4.98 Å². The van der Waals surface area contributed by atoms with Gasteiger partial charge >= 0.3 is 0 Å². The Bertz CT molecular complexity index is 964. The third kappa shape index (κ3) is 3.84. The number of aryl methyl sites for hydroxylation is 1. The van der Waals surface area contributed by atoms with E-state index in [1.54, 1.807) is 6.20 Å². The number of anilines is 1. The van der Waals surface area contributed by atoms with Gasteiger partial charge in [-0.15, -0.1) is 0 Å². The van der Waals surface area contributed by atoms with Crippen molar-refractivity contribution in [3.63, 3.8) is 0 Å². The molecule has 0 saturated carbocycles. The largest absolute Gasteiger partial charge is 0.378 e. The Balaban J connectivity index is 1.49. The molecular weight excluding hydrogens is 354 g/mol. The van der Waals surface area contributed by atoms with Gasteiger partial charge in [0.15, 0.2) is 0 Å². The molecule has 4 rings (SSSR count). The van der Waals surface area contributed by atoms with Gasteiger partial charge in [0, 0.05) is 50.1 Å². The van der Waals surface area contributed by atoms with Crippen LogP contribution in [0.25, 0.3) is 11.0 Å². The van der Waals surface area contributed by atoms with Crippen LogP contribution in [0.1, 0.15) is 23.0 Å². The molecule has 7 heteroatoms. The summed E-state index contributed by atoms with van der Waals surface area (Å²) in [7, 11) is 2.01. The van der Waals surface area contributed by atoms with E-state index >= 15 is 0 Å². The molecule has 0 radical (unpaired) electrons. The molecule has 1 aromatic carbocycles. The third-order valence-electron chi connectivity index (χ3n) is 5.03. The Morgan fingerprint density at radius 1 is 1.25 bits per heavy atom. The molecule has 3 aromatic rings. The summed E-state index contributed by atoms with van der Waals surface area (Å²) in [6.45, 7) is 5.07. The van der Waals surface area contributed by atoms with Crippen LogP contribution in [0.15, 0.2) is 42.6 Å². The van der Waals surface area contributed by atoms with Crippen molar-refractivity contribution in [2.24, 2.45) is 7.05 Å². The predicted octanol–water partition coefficient (Wildman–Crippen LogP) is 2.17. The number of carbonyl (C=O) groups excluding carboxylic acids is 1. The summed E-state index contributed by atoms with van der Waals surface area (Å²) in [5, 5.41) is 3.05. The highest BCUT2D eigenvalue weighted by Crippen LogP contribution is 2.23. The Hall–Kier alpha value is -2.93. The highest BCUT2D eigenvalue weighted by atomic mass is 16.5. The number of hydrogen-bond donors (Lipinski definition) is 1. The van der Waals surface area contributed by atoms with Crippen LogP contribution in [-0.2, 0) is 18.2 Å². The van der Waals surface area contributed by atoms with Crippen molar-refractivity contribution in [1.82, 2.24) is 19.9 Å². The molecule has 7 nitrogen and oxygen atoms in total. The van der Waals surface area contributed by atoms with E-state index in [9.17, 15) is 4.79 Å². The van der Waals surface area contributed by atoms with Gasteiger partial charge < -0.3 is 19.5 Å². The minimum absolute atomic E-state index is 0.00857. The predicted molar refractivity (Wildman–Crippen MR) is 109 cm³/mol. The number of nitrogens with zero attached hydrogens (tertiary/aromatic N) is 4. The fraction of sp³-hybridized carbons (Fsp3) is 0.381. The number of carbonyl (C=O) groups is 1. The van der Waals surface area contributed by atoms with Gasteiger partial charge in [0.1, 0.15) is 0 Å². The van der Waals surface area contributed by atoms with E-state index in [2.05, 4.69) is 19.8 Å². The zero-order chi connectivity index (χ0) is 19.5. The SMILES string of the molecule is CC(Cc1ccccn1)NC(=O)c1ccc2c(c1)nc(N1CCOCC1)n2C. The van der Waals surface area contributed by atoms with Crippen LogP contribution < -0.4 is 10.2 Å². The Kier molecular flexibility index (Phi) is 5.25. The number of pyridine rings is 1. The molecule has 3 heterocycles. The number of imidazole rings is 1. The highest BCUT2D eigenvalue weighted by Gasteiger charge is 2.19. The van der Waals surface area contributed by atoms with Crippen molar-refractivity contribution in [2.75, 3.05) is 31.2 Å². The lowest BCUT2D eigenvalue weighted by Crippen LogP contribution is -2.37. The van der Waals surface area contributed by atoms with Crippen LogP contribution in [0.2, 0.25) is 0 Å². The summed E-state index contributed by atoms with van der Waals surface area (Å²) >= 11 is 0. The zero-order valence-corrected chi connectivity index (χ0v) is 16.3. The molecule has 28 heavy (non-hydrogen) atoms. The second-order valence-electron chi connectivity index (χ2n) is 7.17. The fourth-order valence-corrected chi connectivity index (χ4v) is 3.57. The monoisotopic (exact) mass is 379 g/mol.